The molecular formula is C13H15N3O3. The third-order valence-corrected chi connectivity index (χ3v) is 2.47. The molecule has 0 radical (unpaired) electrons. The molecule has 6 heteroatoms. The average Bonchev–Trinajstić information content (AvgIpc) is 2.40. The summed E-state index contributed by atoms with van der Waals surface area (Å²) >= 11 is 0. The molecule has 0 heterocycles. The maximum Gasteiger partial charge on any atom is 0.325 e. The Hall–Kier alpha value is -2.55. The van der Waals surface area contributed by atoms with Crippen LogP contribution in [0.2, 0.25) is 0 Å². The number of amides is 2. The Morgan fingerprint density at radius 1 is 1.42 bits per heavy atom. The van der Waals surface area contributed by atoms with Crippen molar-refractivity contribution in [3.63, 3.8) is 0 Å². The molecule has 1 rings (SSSR count). The Morgan fingerprint density at radius 3 is 2.58 bits per heavy atom. The lowest BCUT2D eigenvalue weighted by Gasteiger charge is -2.23. The molecule has 0 aromatic heterocycles. The SMILES string of the molecule is CC(NC(=O)N(CCC#N)c1ccccc1)C(=O)O. The number of carboxylic acids is 1. The number of hydrogen-bond donors (Lipinski definition) is 2. The van der Waals surface area contributed by atoms with Crippen LogP contribution in [0.15, 0.2) is 30.3 Å². The van der Waals surface area contributed by atoms with Crippen molar-refractivity contribution in [3.05, 3.63) is 30.3 Å². The van der Waals surface area contributed by atoms with E-state index in [1.807, 2.05) is 12.1 Å². The van der Waals surface area contributed by atoms with Crippen LogP contribution in [0.5, 0.6) is 0 Å². The quantitative estimate of drug-likeness (QED) is 0.841. The zero-order valence-electron chi connectivity index (χ0n) is 10.5. The fraction of sp³-hybridized carbons (Fsp3) is 0.308. The van der Waals surface area contributed by atoms with Crippen molar-refractivity contribution in [2.75, 3.05) is 11.4 Å². The molecular weight excluding hydrogens is 246 g/mol. The summed E-state index contributed by atoms with van der Waals surface area (Å²) in [4.78, 5) is 24.1. The van der Waals surface area contributed by atoms with Crippen LogP contribution in [0.4, 0.5) is 10.5 Å². The lowest BCUT2D eigenvalue weighted by atomic mass is 10.2. The standard InChI is InChI=1S/C13H15N3O3/c1-10(12(17)18)15-13(19)16(9-5-8-14)11-6-3-2-4-7-11/h2-4,6-7,10H,5,9H2,1H3,(H,15,19)(H,17,18). The highest BCUT2D eigenvalue weighted by molar-refractivity contribution is 5.94. The molecule has 1 unspecified atom stereocenters. The first-order chi connectivity index (χ1) is 9.06. The summed E-state index contributed by atoms with van der Waals surface area (Å²) in [5, 5.41) is 19.8. The van der Waals surface area contributed by atoms with E-state index in [0.717, 1.165) is 0 Å². The van der Waals surface area contributed by atoms with Gasteiger partial charge >= 0.3 is 12.0 Å². The number of aliphatic carboxylic acids is 1. The van der Waals surface area contributed by atoms with Crippen LogP contribution in [-0.4, -0.2) is 29.7 Å². The van der Waals surface area contributed by atoms with Gasteiger partial charge in [-0.2, -0.15) is 5.26 Å². The number of rotatable bonds is 5. The van der Waals surface area contributed by atoms with Crippen molar-refractivity contribution in [2.45, 2.75) is 19.4 Å². The Bertz CT molecular complexity index is 482. The molecule has 1 atom stereocenters. The van der Waals surface area contributed by atoms with Gasteiger partial charge in [-0.1, -0.05) is 18.2 Å². The number of carbonyl (C=O) groups excluding carboxylic acids is 1. The summed E-state index contributed by atoms with van der Waals surface area (Å²) in [6.07, 6.45) is 0.170. The Balaban J connectivity index is 2.83. The van der Waals surface area contributed by atoms with Crippen molar-refractivity contribution >= 4 is 17.7 Å². The molecule has 2 amide bonds. The van der Waals surface area contributed by atoms with Crippen LogP contribution >= 0.6 is 0 Å². The first kappa shape index (κ1) is 14.5. The third-order valence-electron chi connectivity index (χ3n) is 2.47. The van der Waals surface area contributed by atoms with Crippen LogP contribution in [0.1, 0.15) is 13.3 Å². The second-order valence-corrected chi connectivity index (χ2v) is 3.90. The maximum absolute atomic E-state index is 12.0. The van der Waals surface area contributed by atoms with Gasteiger partial charge in [0.25, 0.3) is 0 Å². The summed E-state index contributed by atoms with van der Waals surface area (Å²) in [5.41, 5.74) is 0.618. The minimum absolute atomic E-state index is 0.170. The van der Waals surface area contributed by atoms with E-state index in [4.69, 9.17) is 10.4 Å². The molecule has 1 aromatic carbocycles. The molecule has 100 valence electrons. The first-order valence-electron chi connectivity index (χ1n) is 5.79. The van der Waals surface area contributed by atoms with Gasteiger partial charge in [0.15, 0.2) is 0 Å². The van der Waals surface area contributed by atoms with Crippen LogP contribution in [0, 0.1) is 11.3 Å². The largest absolute Gasteiger partial charge is 0.480 e. The van der Waals surface area contributed by atoms with Crippen molar-refractivity contribution < 1.29 is 14.7 Å². The molecule has 0 aliphatic carbocycles. The van der Waals surface area contributed by atoms with E-state index in [0.29, 0.717) is 5.69 Å². The Kier molecular flexibility index (Phi) is 5.35. The van der Waals surface area contributed by atoms with Gasteiger partial charge in [0, 0.05) is 12.2 Å². The number of benzene rings is 1. The van der Waals surface area contributed by atoms with Crippen LogP contribution in [0.3, 0.4) is 0 Å². The van der Waals surface area contributed by atoms with E-state index in [-0.39, 0.29) is 13.0 Å². The molecule has 19 heavy (non-hydrogen) atoms. The normalized spacial score (nSPS) is 11.2. The highest BCUT2D eigenvalue weighted by Gasteiger charge is 2.20. The third kappa shape index (κ3) is 4.32. The summed E-state index contributed by atoms with van der Waals surface area (Å²) in [5.74, 6) is -1.11. The number of carbonyl (C=O) groups is 2. The highest BCUT2D eigenvalue weighted by atomic mass is 16.4. The average molecular weight is 261 g/mol. The van der Waals surface area contributed by atoms with Crippen LogP contribution < -0.4 is 10.2 Å². The number of carboxylic acid groups (broad SMARTS) is 1. The van der Waals surface area contributed by atoms with E-state index in [2.05, 4.69) is 5.32 Å². The number of nitrogens with zero attached hydrogens (tertiary/aromatic N) is 2. The molecule has 0 fully saturated rings. The zero-order valence-corrected chi connectivity index (χ0v) is 10.5. The lowest BCUT2D eigenvalue weighted by molar-refractivity contribution is -0.138. The predicted molar refractivity (Wildman–Crippen MR) is 69.6 cm³/mol. The first-order valence-corrected chi connectivity index (χ1v) is 5.79. The van der Waals surface area contributed by atoms with Crippen molar-refractivity contribution in [1.82, 2.24) is 5.32 Å². The monoisotopic (exact) mass is 261 g/mol. The zero-order chi connectivity index (χ0) is 14.3. The summed E-state index contributed by atoms with van der Waals surface area (Å²) in [7, 11) is 0. The van der Waals surface area contributed by atoms with Gasteiger partial charge in [0.1, 0.15) is 6.04 Å². The molecule has 0 aliphatic heterocycles. The van der Waals surface area contributed by atoms with Gasteiger partial charge in [-0.25, -0.2) is 4.79 Å². The van der Waals surface area contributed by atoms with E-state index < -0.39 is 18.0 Å². The Morgan fingerprint density at radius 2 is 2.05 bits per heavy atom. The molecule has 0 saturated carbocycles. The van der Waals surface area contributed by atoms with E-state index in [1.165, 1.54) is 11.8 Å². The molecule has 2 N–H and O–H groups in total. The second kappa shape index (κ2) is 7.01. The number of nitriles is 1. The van der Waals surface area contributed by atoms with E-state index in [1.54, 1.807) is 24.3 Å². The van der Waals surface area contributed by atoms with Crippen molar-refractivity contribution in [1.29, 1.82) is 5.26 Å². The topological polar surface area (TPSA) is 93.4 Å². The van der Waals surface area contributed by atoms with Gasteiger partial charge in [-0.15, -0.1) is 0 Å². The van der Waals surface area contributed by atoms with Crippen molar-refractivity contribution in [3.8, 4) is 6.07 Å². The fourth-order valence-electron chi connectivity index (χ4n) is 1.44. The number of hydrogen-bond acceptors (Lipinski definition) is 3. The fourth-order valence-corrected chi connectivity index (χ4v) is 1.44. The molecule has 6 nitrogen and oxygen atoms in total. The van der Waals surface area contributed by atoms with Crippen molar-refractivity contribution in [2.24, 2.45) is 0 Å². The molecule has 1 aromatic rings. The van der Waals surface area contributed by atoms with E-state index >= 15 is 0 Å². The maximum atomic E-state index is 12.0. The number of anilines is 1. The van der Waals surface area contributed by atoms with Gasteiger partial charge in [-0.05, 0) is 19.1 Å². The molecule has 0 saturated heterocycles. The number of nitrogens with one attached hydrogen (secondary N) is 1. The van der Waals surface area contributed by atoms with Gasteiger partial charge in [-0.3, -0.25) is 9.69 Å². The highest BCUT2D eigenvalue weighted by Crippen LogP contribution is 2.13. The molecule has 0 bridgehead atoms. The number of para-hydroxylation sites is 1. The Labute approximate surface area is 111 Å². The molecule has 0 spiro atoms. The van der Waals surface area contributed by atoms with Gasteiger partial charge in [0.05, 0.1) is 12.5 Å². The lowest BCUT2D eigenvalue weighted by Crippen LogP contribution is -2.47. The minimum Gasteiger partial charge on any atom is -0.480 e. The minimum atomic E-state index is -1.11. The van der Waals surface area contributed by atoms with Crippen LogP contribution in [-0.2, 0) is 4.79 Å². The predicted octanol–water partition coefficient (Wildman–Crippen LogP) is 1.59. The van der Waals surface area contributed by atoms with Gasteiger partial charge in [0.2, 0.25) is 0 Å². The smallest absolute Gasteiger partial charge is 0.325 e. The van der Waals surface area contributed by atoms with E-state index in [9.17, 15) is 9.59 Å². The second-order valence-electron chi connectivity index (χ2n) is 3.90. The molecule has 0 aliphatic rings. The number of urea groups is 1. The van der Waals surface area contributed by atoms with Gasteiger partial charge < -0.3 is 10.4 Å². The van der Waals surface area contributed by atoms with Crippen LogP contribution in [0.25, 0.3) is 0 Å². The summed E-state index contributed by atoms with van der Waals surface area (Å²) < 4.78 is 0. The summed E-state index contributed by atoms with van der Waals surface area (Å²) in [6, 6.07) is 9.24. The summed E-state index contributed by atoms with van der Waals surface area (Å²) in [6.45, 7) is 1.59.